The van der Waals surface area contributed by atoms with Crippen LogP contribution in [0.1, 0.15) is 39.7 Å². The Bertz CT molecular complexity index is 646. The maximum absolute atomic E-state index is 12.7. The van der Waals surface area contributed by atoms with E-state index in [0.29, 0.717) is 6.54 Å². The molecule has 0 radical (unpaired) electrons. The fraction of sp³-hybridized carbons (Fsp3) is 0.500. The van der Waals surface area contributed by atoms with Gasteiger partial charge < -0.3 is 4.74 Å². The number of carbonyl (C=O) groups excluding carboxylic acids is 3. The van der Waals surface area contributed by atoms with E-state index in [1.165, 1.54) is 11.8 Å². The van der Waals surface area contributed by atoms with Crippen molar-refractivity contribution in [3.05, 3.63) is 29.8 Å². The largest absolute Gasteiger partial charge is 0.441 e. The first-order chi connectivity index (χ1) is 11.1. The van der Waals surface area contributed by atoms with Crippen LogP contribution >= 0.6 is 0 Å². The Kier molecular flexibility index (Phi) is 4.96. The lowest BCUT2D eigenvalue weighted by atomic mass is 9.97. The molecule has 24 heavy (non-hydrogen) atoms. The van der Waals surface area contributed by atoms with E-state index < -0.39 is 23.6 Å². The molecule has 1 aliphatic rings. The average Bonchev–Trinajstić information content (AvgIpc) is 2.47. The molecule has 0 aliphatic carbocycles. The van der Waals surface area contributed by atoms with Crippen molar-refractivity contribution in [2.45, 2.75) is 47.3 Å². The molecule has 1 heterocycles. The molecule has 0 saturated carbocycles. The van der Waals surface area contributed by atoms with E-state index in [1.54, 1.807) is 20.8 Å². The third-order valence-electron chi connectivity index (χ3n) is 3.85. The topological polar surface area (TPSA) is 66.9 Å². The number of hydrogen-bond acceptors (Lipinski definition) is 4. The molecule has 2 rings (SSSR count). The number of nitrogens with zero attached hydrogens (tertiary/aromatic N) is 2. The minimum atomic E-state index is -0.940. The van der Waals surface area contributed by atoms with Crippen molar-refractivity contribution in [3.8, 4) is 0 Å². The van der Waals surface area contributed by atoms with Crippen LogP contribution in [-0.2, 0) is 14.3 Å². The summed E-state index contributed by atoms with van der Waals surface area (Å²) < 4.78 is 5.32. The van der Waals surface area contributed by atoms with E-state index in [4.69, 9.17) is 4.74 Å². The molecular formula is C18H24N2O4. The zero-order valence-corrected chi connectivity index (χ0v) is 14.8. The molecule has 1 aliphatic heterocycles. The van der Waals surface area contributed by atoms with Gasteiger partial charge in [0.1, 0.15) is 0 Å². The number of carbonyl (C=O) groups is 3. The normalized spacial score (nSPS) is 17.0. The summed E-state index contributed by atoms with van der Waals surface area (Å²) in [7, 11) is 0. The molecule has 1 unspecified atom stereocenters. The van der Waals surface area contributed by atoms with E-state index in [1.807, 2.05) is 31.2 Å². The van der Waals surface area contributed by atoms with Gasteiger partial charge in [0, 0.05) is 18.7 Å². The maximum Gasteiger partial charge on any atom is 0.334 e. The van der Waals surface area contributed by atoms with Gasteiger partial charge in [0.2, 0.25) is 5.91 Å². The summed E-state index contributed by atoms with van der Waals surface area (Å²) in [5, 5.41) is 0. The average molecular weight is 332 g/mol. The Labute approximate surface area is 142 Å². The zero-order valence-electron chi connectivity index (χ0n) is 14.8. The summed E-state index contributed by atoms with van der Waals surface area (Å²) >= 11 is 0. The number of rotatable bonds is 3. The molecule has 0 bridgehead atoms. The monoisotopic (exact) mass is 332 g/mol. The molecule has 3 amide bonds. The second kappa shape index (κ2) is 6.63. The van der Waals surface area contributed by atoms with Crippen LogP contribution in [-0.4, -0.2) is 35.6 Å². The van der Waals surface area contributed by atoms with Crippen LogP contribution in [0, 0.1) is 12.3 Å². The molecule has 6 nitrogen and oxygen atoms in total. The maximum atomic E-state index is 12.7. The highest BCUT2D eigenvalue weighted by Gasteiger charge is 2.38. The third kappa shape index (κ3) is 3.75. The lowest BCUT2D eigenvalue weighted by molar-refractivity contribution is -0.167. The van der Waals surface area contributed by atoms with Gasteiger partial charge in [-0.1, -0.05) is 17.7 Å². The van der Waals surface area contributed by atoms with E-state index in [9.17, 15) is 14.4 Å². The Morgan fingerprint density at radius 1 is 1.17 bits per heavy atom. The SMILES string of the molecule is Cc1ccc(N2CCC(=O)N(C(C)OC(=O)C(C)(C)C)C2=O)cc1. The number of urea groups is 1. The van der Waals surface area contributed by atoms with Gasteiger partial charge in [-0.25, -0.2) is 9.69 Å². The van der Waals surface area contributed by atoms with Crippen LogP contribution in [0.5, 0.6) is 0 Å². The minimum Gasteiger partial charge on any atom is -0.441 e. The van der Waals surface area contributed by atoms with Crippen molar-refractivity contribution in [1.82, 2.24) is 4.90 Å². The molecule has 1 fully saturated rings. The highest BCUT2D eigenvalue weighted by atomic mass is 16.6. The minimum absolute atomic E-state index is 0.191. The molecule has 0 aromatic heterocycles. The molecule has 130 valence electrons. The summed E-state index contributed by atoms with van der Waals surface area (Å²) in [5.41, 5.74) is 1.10. The lowest BCUT2D eigenvalue weighted by Gasteiger charge is -2.37. The first-order valence-corrected chi connectivity index (χ1v) is 8.02. The van der Waals surface area contributed by atoms with Gasteiger partial charge in [-0.3, -0.25) is 14.5 Å². The van der Waals surface area contributed by atoms with E-state index >= 15 is 0 Å². The van der Waals surface area contributed by atoms with Crippen molar-refractivity contribution in [3.63, 3.8) is 0 Å². The lowest BCUT2D eigenvalue weighted by Crippen LogP contribution is -2.57. The smallest absolute Gasteiger partial charge is 0.334 e. The summed E-state index contributed by atoms with van der Waals surface area (Å²) in [6.45, 7) is 8.99. The first kappa shape index (κ1) is 18.0. The van der Waals surface area contributed by atoms with Crippen molar-refractivity contribution in [1.29, 1.82) is 0 Å². The van der Waals surface area contributed by atoms with Crippen molar-refractivity contribution < 1.29 is 19.1 Å². The van der Waals surface area contributed by atoms with Gasteiger partial charge in [0.25, 0.3) is 0 Å². The molecule has 0 N–H and O–H groups in total. The van der Waals surface area contributed by atoms with Crippen LogP contribution in [0.15, 0.2) is 24.3 Å². The van der Waals surface area contributed by atoms with Gasteiger partial charge in [0.15, 0.2) is 6.23 Å². The Hall–Kier alpha value is -2.37. The summed E-state index contributed by atoms with van der Waals surface area (Å²) in [6.07, 6.45) is -0.748. The number of aryl methyl sites for hydroxylation is 1. The molecule has 1 atom stereocenters. The fourth-order valence-electron chi connectivity index (χ4n) is 2.37. The molecule has 1 saturated heterocycles. The predicted octanol–water partition coefficient (Wildman–Crippen LogP) is 3.09. The van der Waals surface area contributed by atoms with Gasteiger partial charge in [0.05, 0.1) is 5.41 Å². The number of ether oxygens (including phenoxy) is 1. The number of amides is 3. The van der Waals surface area contributed by atoms with Gasteiger partial charge in [-0.05, 0) is 46.8 Å². The number of esters is 1. The summed E-state index contributed by atoms with van der Waals surface area (Å²) in [5.74, 6) is -0.791. The van der Waals surface area contributed by atoms with Gasteiger partial charge >= 0.3 is 12.0 Å². The van der Waals surface area contributed by atoms with Crippen LogP contribution in [0.2, 0.25) is 0 Å². The van der Waals surface area contributed by atoms with Gasteiger partial charge in [-0.2, -0.15) is 0 Å². The van der Waals surface area contributed by atoms with Crippen LogP contribution < -0.4 is 4.90 Å². The number of benzene rings is 1. The number of hydrogen-bond donors (Lipinski definition) is 0. The van der Waals surface area contributed by atoms with E-state index in [0.717, 1.165) is 16.2 Å². The molecule has 1 aromatic carbocycles. The van der Waals surface area contributed by atoms with E-state index in [2.05, 4.69) is 0 Å². The number of anilines is 1. The van der Waals surface area contributed by atoms with Crippen LogP contribution in [0.4, 0.5) is 10.5 Å². The quantitative estimate of drug-likeness (QED) is 0.798. The van der Waals surface area contributed by atoms with Gasteiger partial charge in [-0.15, -0.1) is 0 Å². The second-order valence-corrected chi connectivity index (χ2v) is 7.04. The van der Waals surface area contributed by atoms with E-state index in [-0.39, 0.29) is 12.3 Å². The Morgan fingerprint density at radius 2 is 1.75 bits per heavy atom. The highest BCUT2D eigenvalue weighted by molar-refractivity contribution is 6.05. The predicted molar refractivity (Wildman–Crippen MR) is 90.4 cm³/mol. The third-order valence-corrected chi connectivity index (χ3v) is 3.85. The molecule has 0 spiro atoms. The Morgan fingerprint density at radius 3 is 2.29 bits per heavy atom. The van der Waals surface area contributed by atoms with Crippen molar-refractivity contribution >= 4 is 23.6 Å². The van der Waals surface area contributed by atoms with Crippen molar-refractivity contribution in [2.24, 2.45) is 5.41 Å². The van der Waals surface area contributed by atoms with Crippen LogP contribution in [0.25, 0.3) is 0 Å². The molecule has 6 heteroatoms. The summed E-state index contributed by atoms with van der Waals surface area (Å²) in [4.78, 5) is 39.5. The number of imide groups is 1. The summed E-state index contributed by atoms with van der Waals surface area (Å²) in [6, 6.07) is 7.03. The fourth-order valence-corrected chi connectivity index (χ4v) is 2.37. The standard InChI is InChI=1S/C18H24N2O4/c1-12-6-8-14(9-7-12)19-11-10-15(21)20(17(19)23)13(2)24-16(22)18(3,4)5/h6-9,13H,10-11H2,1-5H3. The zero-order chi connectivity index (χ0) is 18.1. The first-order valence-electron chi connectivity index (χ1n) is 8.02. The van der Waals surface area contributed by atoms with Crippen LogP contribution in [0.3, 0.4) is 0 Å². The van der Waals surface area contributed by atoms with Crippen molar-refractivity contribution in [2.75, 3.05) is 11.4 Å². The molecular weight excluding hydrogens is 308 g/mol. The Balaban J connectivity index is 2.19. The molecule has 1 aromatic rings. The highest BCUT2D eigenvalue weighted by Crippen LogP contribution is 2.24. The second-order valence-electron chi connectivity index (χ2n) is 7.04.